The van der Waals surface area contributed by atoms with E-state index in [4.69, 9.17) is 10.5 Å². The Bertz CT molecular complexity index is 241. The zero-order valence-corrected chi connectivity index (χ0v) is 10.5. The van der Waals surface area contributed by atoms with Crippen LogP contribution in [0.1, 0.15) is 51.9 Å². The molecule has 1 heterocycles. The van der Waals surface area contributed by atoms with E-state index in [0.717, 1.165) is 31.1 Å². The summed E-state index contributed by atoms with van der Waals surface area (Å²) >= 11 is 0. The third-order valence-corrected chi connectivity index (χ3v) is 4.27. The summed E-state index contributed by atoms with van der Waals surface area (Å²) in [6.45, 7) is 3.17. The fourth-order valence-electron chi connectivity index (χ4n) is 3.00. The van der Waals surface area contributed by atoms with Crippen LogP contribution in [0.15, 0.2) is 11.8 Å². The Labute approximate surface area is 99.2 Å². The van der Waals surface area contributed by atoms with Gasteiger partial charge >= 0.3 is 0 Å². The lowest BCUT2D eigenvalue weighted by atomic mass is 9.77. The van der Waals surface area contributed by atoms with Gasteiger partial charge in [-0.25, -0.2) is 0 Å². The second-order valence-electron chi connectivity index (χ2n) is 5.31. The summed E-state index contributed by atoms with van der Waals surface area (Å²) in [6, 6.07) is 0.165. The van der Waals surface area contributed by atoms with E-state index in [1.165, 1.54) is 32.1 Å². The predicted octanol–water partition coefficient (Wildman–Crippen LogP) is 3.22. The molecular weight excluding hydrogens is 198 g/mol. The van der Waals surface area contributed by atoms with E-state index in [0.29, 0.717) is 5.92 Å². The van der Waals surface area contributed by atoms with E-state index < -0.39 is 0 Å². The summed E-state index contributed by atoms with van der Waals surface area (Å²) in [4.78, 5) is 0. The fraction of sp³-hybridized carbons (Fsp3) is 0.857. The van der Waals surface area contributed by atoms with Gasteiger partial charge in [0.05, 0.1) is 12.6 Å². The number of allylic oxidation sites excluding steroid dienone is 1. The summed E-state index contributed by atoms with van der Waals surface area (Å²) in [5, 5.41) is 0. The Hall–Kier alpha value is -0.500. The summed E-state index contributed by atoms with van der Waals surface area (Å²) < 4.78 is 5.68. The highest BCUT2D eigenvalue weighted by molar-refractivity contribution is 5.07. The van der Waals surface area contributed by atoms with Crippen molar-refractivity contribution in [2.24, 2.45) is 17.6 Å². The maximum Gasteiger partial charge on any atom is 0.109 e. The Morgan fingerprint density at radius 2 is 2.12 bits per heavy atom. The van der Waals surface area contributed by atoms with Crippen LogP contribution in [0.25, 0.3) is 0 Å². The molecule has 0 bridgehead atoms. The van der Waals surface area contributed by atoms with Gasteiger partial charge in [-0.2, -0.15) is 0 Å². The number of hydrogen-bond acceptors (Lipinski definition) is 2. The van der Waals surface area contributed by atoms with Crippen molar-refractivity contribution in [3.8, 4) is 0 Å². The van der Waals surface area contributed by atoms with Crippen LogP contribution in [0, 0.1) is 11.8 Å². The number of nitrogens with two attached hydrogens (primary N) is 1. The average molecular weight is 223 g/mol. The highest BCUT2D eigenvalue weighted by Crippen LogP contribution is 2.34. The van der Waals surface area contributed by atoms with Crippen LogP contribution in [0.2, 0.25) is 0 Å². The van der Waals surface area contributed by atoms with Crippen LogP contribution in [0.5, 0.6) is 0 Å². The van der Waals surface area contributed by atoms with E-state index in [1.807, 2.05) is 0 Å². The van der Waals surface area contributed by atoms with Crippen molar-refractivity contribution >= 4 is 0 Å². The van der Waals surface area contributed by atoms with Gasteiger partial charge in [-0.3, -0.25) is 0 Å². The Kier molecular flexibility index (Phi) is 4.28. The van der Waals surface area contributed by atoms with Crippen molar-refractivity contribution in [3.63, 3.8) is 0 Å². The molecule has 0 amide bonds. The lowest BCUT2D eigenvalue weighted by Crippen LogP contribution is -2.36. The molecule has 0 aromatic heterocycles. The van der Waals surface area contributed by atoms with Crippen molar-refractivity contribution in [3.05, 3.63) is 11.8 Å². The van der Waals surface area contributed by atoms with E-state index >= 15 is 0 Å². The second kappa shape index (κ2) is 5.72. The maximum atomic E-state index is 6.32. The normalized spacial score (nSPS) is 32.8. The van der Waals surface area contributed by atoms with Crippen molar-refractivity contribution in [2.45, 2.75) is 57.9 Å². The molecule has 0 aromatic rings. The van der Waals surface area contributed by atoms with Crippen LogP contribution < -0.4 is 5.73 Å². The quantitative estimate of drug-likeness (QED) is 0.797. The molecule has 0 radical (unpaired) electrons. The largest absolute Gasteiger partial charge is 0.497 e. The molecule has 0 aromatic carbocycles. The lowest BCUT2D eigenvalue weighted by Gasteiger charge is -2.33. The first-order valence-electron chi connectivity index (χ1n) is 6.89. The summed E-state index contributed by atoms with van der Waals surface area (Å²) in [5.74, 6) is 2.68. The topological polar surface area (TPSA) is 35.2 Å². The monoisotopic (exact) mass is 223 g/mol. The van der Waals surface area contributed by atoms with E-state index in [2.05, 4.69) is 13.0 Å². The molecule has 1 aliphatic heterocycles. The van der Waals surface area contributed by atoms with Gasteiger partial charge in [0, 0.05) is 0 Å². The van der Waals surface area contributed by atoms with Crippen LogP contribution in [0.4, 0.5) is 0 Å². The molecule has 1 aliphatic carbocycles. The zero-order valence-electron chi connectivity index (χ0n) is 10.5. The molecule has 16 heavy (non-hydrogen) atoms. The third-order valence-electron chi connectivity index (χ3n) is 4.27. The minimum atomic E-state index is 0.165. The second-order valence-corrected chi connectivity index (χ2v) is 5.31. The minimum absolute atomic E-state index is 0.165. The van der Waals surface area contributed by atoms with Crippen molar-refractivity contribution < 1.29 is 4.74 Å². The Morgan fingerprint density at radius 3 is 2.69 bits per heavy atom. The first-order valence-corrected chi connectivity index (χ1v) is 6.89. The molecule has 1 fully saturated rings. The molecule has 0 saturated heterocycles. The van der Waals surface area contributed by atoms with Crippen LogP contribution in [-0.4, -0.2) is 12.6 Å². The van der Waals surface area contributed by atoms with Gasteiger partial charge in [0.15, 0.2) is 0 Å². The van der Waals surface area contributed by atoms with Gasteiger partial charge in [-0.15, -0.1) is 0 Å². The van der Waals surface area contributed by atoms with E-state index in [1.54, 1.807) is 0 Å². The number of hydrogen-bond donors (Lipinski definition) is 1. The van der Waals surface area contributed by atoms with Crippen LogP contribution >= 0.6 is 0 Å². The molecule has 2 nitrogen and oxygen atoms in total. The zero-order chi connectivity index (χ0) is 11.4. The minimum Gasteiger partial charge on any atom is -0.497 e. The number of ether oxygens (including phenoxy) is 1. The predicted molar refractivity (Wildman–Crippen MR) is 67.0 cm³/mol. The number of rotatable bonds is 3. The van der Waals surface area contributed by atoms with Gasteiger partial charge in [0.2, 0.25) is 0 Å². The van der Waals surface area contributed by atoms with Gasteiger partial charge in [0.25, 0.3) is 0 Å². The Balaban J connectivity index is 1.85. The molecule has 2 heteroatoms. The van der Waals surface area contributed by atoms with Gasteiger partial charge < -0.3 is 10.5 Å². The molecule has 2 rings (SSSR count). The smallest absolute Gasteiger partial charge is 0.109 e. The summed E-state index contributed by atoms with van der Waals surface area (Å²) in [7, 11) is 0. The highest BCUT2D eigenvalue weighted by Gasteiger charge is 2.28. The first kappa shape index (κ1) is 12.0. The van der Waals surface area contributed by atoms with Crippen molar-refractivity contribution in [1.82, 2.24) is 0 Å². The van der Waals surface area contributed by atoms with E-state index in [9.17, 15) is 0 Å². The fourth-order valence-corrected chi connectivity index (χ4v) is 3.00. The molecule has 1 saturated carbocycles. The third kappa shape index (κ3) is 2.79. The van der Waals surface area contributed by atoms with Crippen LogP contribution in [0.3, 0.4) is 0 Å². The van der Waals surface area contributed by atoms with Gasteiger partial charge in [-0.05, 0) is 43.6 Å². The van der Waals surface area contributed by atoms with Crippen molar-refractivity contribution in [1.29, 1.82) is 0 Å². The first-order chi connectivity index (χ1) is 7.81. The van der Waals surface area contributed by atoms with Gasteiger partial charge in [0.1, 0.15) is 5.76 Å². The molecule has 0 spiro atoms. The average Bonchev–Trinajstić information content (AvgIpc) is 2.39. The van der Waals surface area contributed by atoms with Crippen molar-refractivity contribution in [2.75, 3.05) is 6.61 Å². The molecule has 2 aliphatic rings. The van der Waals surface area contributed by atoms with Crippen LogP contribution in [-0.2, 0) is 4.74 Å². The Morgan fingerprint density at radius 1 is 1.38 bits per heavy atom. The molecule has 92 valence electrons. The summed E-state index contributed by atoms with van der Waals surface area (Å²) in [5.41, 5.74) is 6.32. The lowest BCUT2D eigenvalue weighted by molar-refractivity contribution is 0.145. The molecular formula is C14H25NO. The maximum absolute atomic E-state index is 6.32. The summed E-state index contributed by atoms with van der Waals surface area (Å²) in [6.07, 6.45) is 11.2. The SMILES string of the molecule is CCC1CCC(C(N)C2=CCCCO2)CC1. The van der Waals surface area contributed by atoms with Gasteiger partial charge in [-0.1, -0.05) is 26.2 Å². The molecule has 1 atom stereocenters. The molecule has 2 N–H and O–H groups in total. The highest BCUT2D eigenvalue weighted by atomic mass is 16.5. The van der Waals surface area contributed by atoms with E-state index in [-0.39, 0.29) is 6.04 Å². The standard InChI is InChI=1S/C14H25NO/c1-2-11-6-8-12(9-7-11)14(15)13-5-3-4-10-16-13/h5,11-12,14H,2-4,6-10,15H2,1H3. The molecule has 1 unspecified atom stereocenters.